The first-order chi connectivity index (χ1) is 5.91. The fourth-order valence-electron chi connectivity index (χ4n) is 1.44. The average Bonchev–Trinajstić information content (AvgIpc) is 2.10. The molecule has 0 aromatic rings. The van der Waals surface area contributed by atoms with Crippen LogP contribution in [0.5, 0.6) is 0 Å². The standard InChI is InChI=1S/C11H25N.ClH/c1-3-4-5-6-7-8-9-10-11-12-2;/h12H,3-11H2,1-2H3;1H. The Labute approximate surface area is 90.1 Å². The first-order valence-corrected chi connectivity index (χ1v) is 5.56. The Bertz CT molecular complexity index is 66.5. The fourth-order valence-corrected chi connectivity index (χ4v) is 1.44. The molecule has 0 aromatic carbocycles. The van der Waals surface area contributed by atoms with E-state index in [2.05, 4.69) is 12.2 Å². The molecule has 0 fully saturated rings. The summed E-state index contributed by atoms with van der Waals surface area (Å²) < 4.78 is 0. The van der Waals surface area contributed by atoms with Crippen LogP contribution in [0.3, 0.4) is 0 Å². The maximum absolute atomic E-state index is 3.18. The first kappa shape index (κ1) is 15.7. The molecule has 0 amide bonds. The van der Waals surface area contributed by atoms with Crippen LogP contribution in [0.2, 0.25) is 0 Å². The number of hydrogen-bond acceptors (Lipinski definition) is 1. The van der Waals surface area contributed by atoms with Crippen molar-refractivity contribution in [3.63, 3.8) is 0 Å². The summed E-state index contributed by atoms with van der Waals surface area (Å²) in [5.41, 5.74) is 0. The van der Waals surface area contributed by atoms with Crippen LogP contribution in [0.4, 0.5) is 0 Å². The van der Waals surface area contributed by atoms with Crippen molar-refractivity contribution in [2.45, 2.75) is 58.3 Å². The van der Waals surface area contributed by atoms with Gasteiger partial charge in [0.05, 0.1) is 0 Å². The molecular formula is C11H26ClN. The predicted molar refractivity (Wildman–Crippen MR) is 63.8 cm³/mol. The molecule has 0 spiro atoms. The zero-order chi connectivity index (χ0) is 9.07. The number of hydrogen-bond donors (Lipinski definition) is 1. The van der Waals surface area contributed by atoms with Crippen molar-refractivity contribution < 1.29 is 0 Å². The van der Waals surface area contributed by atoms with Gasteiger partial charge in [0, 0.05) is 0 Å². The summed E-state index contributed by atoms with van der Waals surface area (Å²) >= 11 is 0. The van der Waals surface area contributed by atoms with Gasteiger partial charge >= 0.3 is 0 Å². The minimum absolute atomic E-state index is 0. The molecule has 1 N–H and O–H groups in total. The average molecular weight is 208 g/mol. The van der Waals surface area contributed by atoms with E-state index in [-0.39, 0.29) is 12.4 Å². The molecule has 0 saturated carbocycles. The Morgan fingerprint density at radius 2 is 1.23 bits per heavy atom. The van der Waals surface area contributed by atoms with E-state index in [0.717, 1.165) is 0 Å². The van der Waals surface area contributed by atoms with Crippen LogP contribution in [0, 0.1) is 0 Å². The zero-order valence-corrected chi connectivity index (χ0v) is 10.1. The number of nitrogens with one attached hydrogen (secondary N) is 1. The highest BCUT2D eigenvalue weighted by atomic mass is 35.5. The van der Waals surface area contributed by atoms with Crippen LogP contribution in [0.25, 0.3) is 0 Å². The van der Waals surface area contributed by atoms with Gasteiger partial charge in [-0.15, -0.1) is 12.4 Å². The Morgan fingerprint density at radius 1 is 0.769 bits per heavy atom. The summed E-state index contributed by atoms with van der Waals surface area (Å²) in [6.07, 6.45) is 11.3. The van der Waals surface area contributed by atoms with Crippen molar-refractivity contribution in [2.24, 2.45) is 0 Å². The van der Waals surface area contributed by atoms with E-state index >= 15 is 0 Å². The van der Waals surface area contributed by atoms with Crippen LogP contribution in [-0.2, 0) is 0 Å². The number of halogens is 1. The summed E-state index contributed by atoms with van der Waals surface area (Å²) in [5.74, 6) is 0. The van der Waals surface area contributed by atoms with Gasteiger partial charge in [-0.05, 0) is 20.0 Å². The van der Waals surface area contributed by atoms with Gasteiger partial charge in [-0.3, -0.25) is 0 Å². The van der Waals surface area contributed by atoms with E-state index < -0.39 is 0 Å². The third-order valence-corrected chi connectivity index (χ3v) is 2.28. The lowest BCUT2D eigenvalue weighted by Crippen LogP contribution is -2.06. The Morgan fingerprint density at radius 3 is 1.69 bits per heavy atom. The smallest absolute Gasteiger partial charge is 0.00519 e. The SMILES string of the molecule is CCCCCCCCCCNC.Cl. The monoisotopic (exact) mass is 207 g/mol. The van der Waals surface area contributed by atoms with Gasteiger partial charge in [0.15, 0.2) is 0 Å². The minimum Gasteiger partial charge on any atom is -0.320 e. The van der Waals surface area contributed by atoms with E-state index in [0.29, 0.717) is 0 Å². The van der Waals surface area contributed by atoms with E-state index in [4.69, 9.17) is 0 Å². The highest BCUT2D eigenvalue weighted by molar-refractivity contribution is 5.85. The highest BCUT2D eigenvalue weighted by Gasteiger charge is 1.89. The van der Waals surface area contributed by atoms with Gasteiger partial charge in [-0.2, -0.15) is 0 Å². The molecule has 0 radical (unpaired) electrons. The molecule has 0 bridgehead atoms. The van der Waals surface area contributed by atoms with Crippen molar-refractivity contribution in [1.82, 2.24) is 5.32 Å². The van der Waals surface area contributed by atoms with Gasteiger partial charge in [-0.1, -0.05) is 51.9 Å². The summed E-state index contributed by atoms with van der Waals surface area (Å²) in [6.45, 7) is 3.46. The number of rotatable bonds is 9. The normalized spacial score (nSPS) is 9.69. The quantitative estimate of drug-likeness (QED) is 0.568. The first-order valence-electron chi connectivity index (χ1n) is 5.56. The summed E-state index contributed by atoms with van der Waals surface area (Å²) in [6, 6.07) is 0. The lowest BCUT2D eigenvalue weighted by molar-refractivity contribution is 0.567. The molecule has 0 atom stereocenters. The molecule has 0 aromatic heterocycles. The van der Waals surface area contributed by atoms with E-state index in [1.807, 2.05) is 7.05 Å². The third kappa shape index (κ3) is 15.0. The molecule has 2 heteroatoms. The molecular weight excluding hydrogens is 182 g/mol. The van der Waals surface area contributed by atoms with Crippen LogP contribution in [0.15, 0.2) is 0 Å². The Balaban J connectivity index is 0. The molecule has 82 valence electrons. The van der Waals surface area contributed by atoms with E-state index in [9.17, 15) is 0 Å². The lowest BCUT2D eigenvalue weighted by Gasteiger charge is -2.00. The van der Waals surface area contributed by atoms with Gasteiger partial charge in [0.25, 0.3) is 0 Å². The van der Waals surface area contributed by atoms with Gasteiger partial charge in [-0.25, -0.2) is 0 Å². The Kier molecular flexibility index (Phi) is 17.8. The van der Waals surface area contributed by atoms with Crippen molar-refractivity contribution in [2.75, 3.05) is 13.6 Å². The number of unbranched alkanes of at least 4 members (excludes halogenated alkanes) is 7. The summed E-state index contributed by atoms with van der Waals surface area (Å²) in [7, 11) is 2.03. The lowest BCUT2D eigenvalue weighted by atomic mass is 10.1. The maximum Gasteiger partial charge on any atom is -0.00519 e. The van der Waals surface area contributed by atoms with Crippen LogP contribution in [0.1, 0.15) is 58.3 Å². The topological polar surface area (TPSA) is 12.0 Å². The molecule has 0 heterocycles. The van der Waals surface area contributed by atoms with Crippen molar-refractivity contribution in [3.05, 3.63) is 0 Å². The molecule has 0 rings (SSSR count). The highest BCUT2D eigenvalue weighted by Crippen LogP contribution is 2.07. The maximum atomic E-state index is 3.18. The van der Waals surface area contributed by atoms with Crippen LogP contribution >= 0.6 is 12.4 Å². The second-order valence-electron chi connectivity index (χ2n) is 3.58. The second kappa shape index (κ2) is 14.8. The fraction of sp³-hybridized carbons (Fsp3) is 1.00. The largest absolute Gasteiger partial charge is 0.320 e. The van der Waals surface area contributed by atoms with Crippen molar-refractivity contribution >= 4 is 12.4 Å². The predicted octanol–water partition coefficient (Wildman–Crippen LogP) is 3.77. The molecule has 0 aliphatic heterocycles. The summed E-state index contributed by atoms with van der Waals surface area (Å²) in [4.78, 5) is 0. The second-order valence-corrected chi connectivity index (χ2v) is 3.58. The summed E-state index contributed by atoms with van der Waals surface area (Å²) in [5, 5.41) is 3.18. The molecule has 0 aliphatic carbocycles. The van der Waals surface area contributed by atoms with E-state index in [1.165, 1.54) is 57.9 Å². The van der Waals surface area contributed by atoms with Crippen LogP contribution in [-0.4, -0.2) is 13.6 Å². The van der Waals surface area contributed by atoms with Crippen LogP contribution < -0.4 is 5.32 Å². The van der Waals surface area contributed by atoms with E-state index in [1.54, 1.807) is 0 Å². The molecule has 0 saturated heterocycles. The minimum atomic E-state index is 0. The third-order valence-electron chi connectivity index (χ3n) is 2.28. The van der Waals surface area contributed by atoms with Gasteiger partial charge < -0.3 is 5.32 Å². The zero-order valence-electron chi connectivity index (χ0n) is 9.27. The van der Waals surface area contributed by atoms with Gasteiger partial charge in [0.1, 0.15) is 0 Å². The Hall–Kier alpha value is 0.250. The molecule has 13 heavy (non-hydrogen) atoms. The van der Waals surface area contributed by atoms with Crippen molar-refractivity contribution in [1.29, 1.82) is 0 Å². The molecule has 1 nitrogen and oxygen atoms in total. The van der Waals surface area contributed by atoms with Gasteiger partial charge in [0.2, 0.25) is 0 Å². The molecule has 0 aliphatic rings. The van der Waals surface area contributed by atoms with Crippen molar-refractivity contribution in [3.8, 4) is 0 Å². The molecule has 0 unspecified atom stereocenters.